The fourth-order valence-corrected chi connectivity index (χ4v) is 1.49. The number of nitrogens with one attached hydrogen (secondary N) is 1. The minimum atomic E-state index is -0.439. The molecule has 1 rings (SSSR count). The summed E-state index contributed by atoms with van der Waals surface area (Å²) < 4.78 is 4.95. The van der Waals surface area contributed by atoms with E-state index in [0.29, 0.717) is 21.5 Å². The van der Waals surface area contributed by atoms with E-state index in [9.17, 15) is 4.79 Å². The molecule has 0 atom stereocenters. The zero-order valence-electron chi connectivity index (χ0n) is 8.38. The van der Waals surface area contributed by atoms with Crippen molar-refractivity contribution in [2.45, 2.75) is 6.42 Å². The predicted molar refractivity (Wildman–Crippen MR) is 61.9 cm³/mol. The van der Waals surface area contributed by atoms with Gasteiger partial charge in [0.05, 0.1) is 28.9 Å². The van der Waals surface area contributed by atoms with Gasteiger partial charge in [-0.25, -0.2) is 0 Å². The Morgan fingerprint density at radius 3 is 2.75 bits per heavy atom. The van der Waals surface area contributed by atoms with E-state index in [1.165, 1.54) is 19.2 Å². The first-order chi connectivity index (χ1) is 7.58. The highest BCUT2D eigenvalue weighted by Gasteiger charge is 2.10. The molecule has 1 aromatic rings. The van der Waals surface area contributed by atoms with Gasteiger partial charge in [-0.1, -0.05) is 23.2 Å². The maximum absolute atomic E-state index is 11.2. The topological polar surface area (TPSA) is 62.1 Å². The number of amides is 1. The van der Waals surface area contributed by atoms with Gasteiger partial charge in [0.1, 0.15) is 12.2 Å². The third-order valence-corrected chi connectivity index (χ3v) is 2.36. The van der Waals surface area contributed by atoms with Gasteiger partial charge >= 0.3 is 0 Å². The summed E-state index contributed by atoms with van der Waals surface area (Å²) in [6.07, 6.45) is -0.236. The van der Waals surface area contributed by atoms with Crippen LogP contribution in [-0.2, 0) is 4.79 Å². The monoisotopic (exact) mass is 258 g/mol. The third-order valence-electron chi connectivity index (χ3n) is 1.76. The summed E-state index contributed by atoms with van der Waals surface area (Å²) in [4.78, 5) is 11.2. The van der Waals surface area contributed by atoms with Crippen LogP contribution in [0, 0.1) is 11.3 Å². The van der Waals surface area contributed by atoms with Crippen LogP contribution in [0.4, 0.5) is 5.69 Å². The Bertz CT molecular complexity index is 455. The first kappa shape index (κ1) is 12.6. The molecule has 1 aromatic carbocycles. The highest BCUT2D eigenvalue weighted by atomic mass is 35.5. The normalized spacial score (nSPS) is 9.38. The zero-order valence-corrected chi connectivity index (χ0v) is 9.89. The van der Waals surface area contributed by atoms with Crippen molar-refractivity contribution in [2.75, 3.05) is 12.4 Å². The molecule has 16 heavy (non-hydrogen) atoms. The predicted octanol–water partition coefficient (Wildman–Crippen LogP) is 2.85. The van der Waals surface area contributed by atoms with Crippen molar-refractivity contribution in [1.82, 2.24) is 0 Å². The molecule has 84 valence electrons. The van der Waals surface area contributed by atoms with E-state index in [0.717, 1.165) is 0 Å². The fraction of sp³-hybridized carbons (Fsp3) is 0.200. The number of halogens is 2. The lowest BCUT2D eigenvalue weighted by atomic mass is 10.3. The number of carbonyl (C=O) groups excluding carboxylic acids is 1. The lowest BCUT2D eigenvalue weighted by Gasteiger charge is -2.09. The molecule has 0 aliphatic heterocycles. The summed E-state index contributed by atoms with van der Waals surface area (Å²) >= 11 is 11.8. The molecule has 0 aliphatic rings. The maximum atomic E-state index is 11.2. The van der Waals surface area contributed by atoms with Crippen LogP contribution in [-0.4, -0.2) is 13.0 Å². The fourth-order valence-electron chi connectivity index (χ4n) is 1.05. The third kappa shape index (κ3) is 3.02. The lowest BCUT2D eigenvalue weighted by molar-refractivity contribution is -0.115. The van der Waals surface area contributed by atoms with Crippen molar-refractivity contribution in [3.8, 4) is 11.8 Å². The number of ether oxygens (including phenoxy) is 1. The van der Waals surface area contributed by atoms with E-state index in [4.69, 9.17) is 33.2 Å². The van der Waals surface area contributed by atoms with Crippen LogP contribution >= 0.6 is 23.2 Å². The molecule has 0 saturated heterocycles. The van der Waals surface area contributed by atoms with Crippen LogP contribution in [0.25, 0.3) is 0 Å². The van der Waals surface area contributed by atoms with Gasteiger partial charge in [-0.15, -0.1) is 0 Å². The van der Waals surface area contributed by atoms with Crippen LogP contribution in [0.3, 0.4) is 0 Å². The van der Waals surface area contributed by atoms with Gasteiger partial charge in [0.2, 0.25) is 5.91 Å². The van der Waals surface area contributed by atoms with Crippen molar-refractivity contribution < 1.29 is 9.53 Å². The minimum absolute atomic E-state index is 0.236. The zero-order chi connectivity index (χ0) is 12.1. The molecule has 6 heteroatoms. The van der Waals surface area contributed by atoms with Crippen LogP contribution in [0.15, 0.2) is 12.1 Å². The Morgan fingerprint density at radius 2 is 2.19 bits per heavy atom. The van der Waals surface area contributed by atoms with Gasteiger partial charge in [0.25, 0.3) is 0 Å². The quantitative estimate of drug-likeness (QED) is 0.907. The highest BCUT2D eigenvalue weighted by molar-refractivity contribution is 6.36. The molecule has 4 nitrogen and oxygen atoms in total. The van der Waals surface area contributed by atoms with Crippen LogP contribution in [0.1, 0.15) is 6.42 Å². The number of hydrogen-bond acceptors (Lipinski definition) is 3. The summed E-state index contributed by atoms with van der Waals surface area (Å²) in [6, 6.07) is 4.69. The molecule has 0 aromatic heterocycles. The molecule has 1 N–H and O–H groups in total. The van der Waals surface area contributed by atoms with E-state index < -0.39 is 5.91 Å². The largest absolute Gasteiger partial charge is 0.495 e. The first-order valence-corrected chi connectivity index (χ1v) is 5.04. The first-order valence-electron chi connectivity index (χ1n) is 4.28. The van der Waals surface area contributed by atoms with Gasteiger partial charge in [0, 0.05) is 6.07 Å². The molecule has 0 fully saturated rings. The Balaban J connectivity index is 2.94. The Hall–Kier alpha value is -1.44. The summed E-state index contributed by atoms with van der Waals surface area (Å²) in [5.74, 6) is -0.0180. The number of nitriles is 1. The van der Waals surface area contributed by atoms with Crippen LogP contribution in [0.5, 0.6) is 5.75 Å². The van der Waals surface area contributed by atoms with Crippen LogP contribution < -0.4 is 10.1 Å². The minimum Gasteiger partial charge on any atom is -0.495 e. The molecule has 0 heterocycles. The van der Waals surface area contributed by atoms with E-state index in [-0.39, 0.29) is 6.42 Å². The molecule has 0 unspecified atom stereocenters. The van der Waals surface area contributed by atoms with Crippen molar-refractivity contribution >= 4 is 34.8 Å². The molecular formula is C10H8Cl2N2O2. The van der Waals surface area contributed by atoms with E-state index in [2.05, 4.69) is 5.32 Å². The van der Waals surface area contributed by atoms with E-state index in [1.807, 2.05) is 0 Å². The van der Waals surface area contributed by atoms with E-state index in [1.54, 1.807) is 6.07 Å². The van der Waals surface area contributed by atoms with E-state index >= 15 is 0 Å². The molecule has 0 saturated carbocycles. The number of rotatable bonds is 3. The van der Waals surface area contributed by atoms with Gasteiger partial charge in [-0.05, 0) is 6.07 Å². The second-order valence-corrected chi connectivity index (χ2v) is 3.66. The SMILES string of the molecule is COc1cc(Cl)c(NC(=O)CC#N)cc1Cl. The number of benzene rings is 1. The maximum Gasteiger partial charge on any atom is 0.238 e. The van der Waals surface area contributed by atoms with Crippen LogP contribution in [0.2, 0.25) is 10.0 Å². The van der Waals surface area contributed by atoms with Gasteiger partial charge < -0.3 is 10.1 Å². The Morgan fingerprint density at radius 1 is 1.50 bits per heavy atom. The number of hydrogen-bond donors (Lipinski definition) is 1. The summed E-state index contributed by atoms with van der Waals surface area (Å²) in [6.45, 7) is 0. The summed E-state index contributed by atoms with van der Waals surface area (Å²) in [7, 11) is 1.46. The smallest absolute Gasteiger partial charge is 0.238 e. The van der Waals surface area contributed by atoms with Crippen molar-refractivity contribution in [3.63, 3.8) is 0 Å². The molecule has 0 aliphatic carbocycles. The molecular weight excluding hydrogens is 251 g/mol. The van der Waals surface area contributed by atoms with Crippen molar-refractivity contribution in [1.29, 1.82) is 5.26 Å². The molecule has 0 spiro atoms. The van der Waals surface area contributed by atoms with Gasteiger partial charge in [-0.3, -0.25) is 4.79 Å². The Kier molecular flexibility index (Phi) is 4.41. The average molecular weight is 259 g/mol. The molecule has 0 bridgehead atoms. The van der Waals surface area contributed by atoms with Crippen molar-refractivity contribution in [3.05, 3.63) is 22.2 Å². The molecule has 1 amide bonds. The highest BCUT2D eigenvalue weighted by Crippen LogP contribution is 2.33. The standard InChI is InChI=1S/C10H8Cl2N2O2/c1-16-9-5-6(11)8(4-7(9)12)14-10(15)2-3-13/h4-5H,2H2,1H3,(H,14,15). The lowest BCUT2D eigenvalue weighted by Crippen LogP contribution is -2.10. The number of carbonyl (C=O) groups is 1. The number of nitrogens with zero attached hydrogens (tertiary/aromatic N) is 1. The molecule has 0 radical (unpaired) electrons. The number of methoxy groups -OCH3 is 1. The average Bonchev–Trinajstić information content (AvgIpc) is 2.23. The second-order valence-electron chi connectivity index (χ2n) is 2.85. The number of anilines is 1. The summed E-state index contributed by atoms with van der Waals surface area (Å²) in [5, 5.41) is 11.4. The van der Waals surface area contributed by atoms with Gasteiger partial charge in [-0.2, -0.15) is 5.26 Å². The van der Waals surface area contributed by atoms with Gasteiger partial charge in [0.15, 0.2) is 0 Å². The van der Waals surface area contributed by atoms with Crippen molar-refractivity contribution in [2.24, 2.45) is 0 Å². The summed E-state index contributed by atoms with van der Waals surface area (Å²) in [5.41, 5.74) is 0.354. The Labute approximate surface area is 103 Å². The second kappa shape index (κ2) is 5.59.